The molecular weight excluding hydrogens is 441 g/mol. The summed E-state index contributed by atoms with van der Waals surface area (Å²) in [5, 5.41) is 23.7. The van der Waals surface area contributed by atoms with E-state index in [0.29, 0.717) is 13.2 Å². The first-order valence-corrected chi connectivity index (χ1v) is 16.8. The molecule has 0 aliphatic heterocycles. The van der Waals surface area contributed by atoms with E-state index in [1.54, 1.807) is 6.92 Å². The second-order valence-electron chi connectivity index (χ2n) is 2.76. The summed E-state index contributed by atoms with van der Waals surface area (Å²) in [6.07, 6.45) is 4.08. The predicted molar refractivity (Wildman–Crippen MR) is 86.0 cm³/mol. The molecule has 0 aromatic carbocycles. The molecule has 0 aromatic rings. The van der Waals surface area contributed by atoms with Crippen LogP contribution in [-0.2, 0) is 31.7 Å². The maximum atomic E-state index is 8.07. The number of aliphatic hydroxyl groups is 3. The van der Waals surface area contributed by atoms with E-state index >= 15 is 0 Å². The molecule has 0 fully saturated rings. The molecule has 0 saturated carbocycles. The van der Waals surface area contributed by atoms with Crippen LogP contribution in [0.4, 0.5) is 0 Å². The first kappa shape index (κ1) is 34.2. The van der Waals surface area contributed by atoms with Crippen LogP contribution in [-0.4, -0.2) is 35.1 Å². The van der Waals surface area contributed by atoms with Crippen LogP contribution in [0.15, 0.2) is 0 Å². The molecule has 3 N–H and O–H groups in total. The molecule has 0 heterocycles. The summed E-state index contributed by atoms with van der Waals surface area (Å²) in [6, 6.07) is 0. The molecule has 0 atom stereocenters. The molecule has 0 aliphatic carbocycles. The number of hydrogen-bond donors (Lipinski definition) is 3. The molecule has 0 saturated heterocycles. The van der Waals surface area contributed by atoms with Gasteiger partial charge in [-0.2, -0.15) is 0 Å². The Morgan fingerprint density at radius 3 is 0.950 bits per heavy atom. The standard InChI is InChI=1S/2C4H10O.C2H6O.5ClH.2Ti/c2*1-2-3-4-5;1-2-3;;;;;;;/h2*5H,2-4H2,1H3;3H,2H2,1H3;5*1H;;/q;;;;;;;;+2;+3/p-5. The van der Waals surface area contributed by atoms with E-state index in [2.05, 4.69) is 13.8 Å². The summed E-state index contributed by atoms with van der Waals surface area (Å²) in [5.41, 5.74) is 0. The Morgan fingerprint density at radius 1 is 0.800 bits per heavy atom. The van der Waals surface area contributed by atoms with Crippen molar-refractivity contribution in [3.63, 3.8) is 0 Å². The van der Waals surface area contributed by atoms with E-state index in [1.165, 1.54) is 0 Å². The molecule has 0 spiro atoms. The molecule has 0 rings (SSSR count). The van der Waals surface area contributed by atoms with Crippen LogP contribution in [0.2, 0.25) is 0 Å². The molecule has 0 radical (unpaired) electrons. The van der Waals surface area contributed by atoms with Gasteiger partial charge in [0, 0.05) is 19.8 Å². The molecule has 0 bridgehead atoms. The third-order valence-corrected chi connectivity index (χ3v) is 1.02. The molecule has 0 aliphatic rings. The average Bonchev–Trinajstić information content (AvgIpc) is 2.33. The molecular formula is C10H26Cl5O3Ti2. The van der Waals surface area contributed by atoms with Crippen LogP contribution in [0.5, 0.6) is 0 Å². The Bertz CT molecular complexity index is 94.2. The topological polar surface area (TPSA) is 60.7 Å². The zero-order chi connectivity index (χ0) is 17.2. The van der Waals surface area contributed by atoms with Crippen LogP contribution in [0.1, 0.15) is 46.5 Å². The van der Waals surface area contributed by atoms with E-state index in [4.69, 9.17) is 61.8 Å². The number of halogens is 5. The van der Waals surface area contributed by atoms with Gasteiger partial charge in [0.15, 0.2) is 0 Å². The average molecular weight is 467 g/mol. The van der Waals surface area contributed by atoms with Crippen LogP contribution >= 0.6 is 46.5 Å². The minimum absolute atomic E-state index is 0.250. The summed E-state index contributed by atoms with van der Waals surface area (Å²) in [6.45, 7) is 6.72. The number of unbranched alkanes of at least 4 members (excludes halogenated alkanes) is 2. The van der Waals surface area contributed by atoms with E-state index < -0.39 is 31.7 Å². The van der Waals surface area contributed by atoms with Gasteiger partial charge in [0.25, 0.3) is 0 Å². The van der Waals surface area contributed by atoms with Gasteiger partial charge in [0.2, 0.25) is 0 Å². The Kier molecular flexibility index (Phi) is 84.6. The van der Waals surface area contributed by atoms with E-state index in [0.717, 1.165) is 25.7 Å². The predicted octanol–water partition coefficient (Wildman–Crippen LogP) is 5.00. The van der Waals surface area contributed by atoms with Crippen molar-refractivity contribution >= 4 is 46.5 Å². The fourth-order valence-corrected chi connectivity index (χ4v) is 0.316. The summed E-state index contributed by atoms with van der Waals surface area (Å²) in [4.78, 5) is 0. The third-order valence-electron chi connectivity index (χ3n) is 1.02. The van der Waals surface area contributed by atoms with Gasteiger partial charge >= 0.3 is 78.2 Å². The van der Waals surface area contributed by atoms with Crippen molar-refractivity contribution in [2.24, 2.45) is 0 Å². The van der Waals surface area contributed by atoms with Gasteiger partial charge in [0.1, 0.15) is 0 Å². The quantitative estimate of drug-likeness (QED) is 0.511. The zero-order valence-electron chi connectivity index (χ0n) is 12.2. The summed E-state index contributed by atoms with van der Waals surface area (Å²) < 4.78 is 0. The van der Waals surface area contributed by atoms with Crippen LogP contribution in [0, 0.1) is 0 Å². The van der Waals surface area contributed by atoms with Crippen molar-refractivity contribution in [1.82, 2.24) is 0 Å². The van der Waals surface area contributed by atoms with Gasteiger partial charge in [-0.15, -0.1) is 0 Å². The fraction of sp³-hybridized carbons (Fsp3) is 1.00. The molecule has 10 heteroatoms. The molecule has 0 aromatic heterocycles. The number of rotatable bonds is 4. The van der Waals surface area contributed by atoms with Gasteiger partial charge in [-0.05, 0) is 19.8 Å². The fourth-order valence-electron chi connectivity index (χ4n) is 0.316. The molecule has 127 valence electrons. The van der Waals surface area contributed by atoms with Crippen molar-refractivity contribution in [2.45, 2.75) is 46.5 Å². The Balaban J connectivity index is -0.0000000478. The third kappa shape index (κ3) is 177. The summed E-state index contributed by atoms with van der Waals surface area (Å²) in [7, 11) is 24.7. The maximum absolute atomic E-state index is 8.07. The SMILES string of the molecule is CCCCO.CCCCO.CCO.[Cl][Ti]([Cl])[Cl].[Cl][Ti][Cl]. The van der Waals surface area contributed by atoms with Crippen LogP contribution in [0.25, 0.3) is 0 Å². The van der Waals surface area contributed by atoms with E-state index in [-0.39, 0.29) is 6.61 Å². The van der Waals surface area contributed by atoms with Gasteiger partial charge in [0.05, 0.1) is 0 Å². The van der Waals surface area contributed by atoms with Gasteiger partial charge in [-0.25, -0.2) is 0 Å². The van der Waals surface area contributed by atoms with Crippen molar-refractivity contribution in [3.8, 4) is 0 Å². The normalized spacial score (nSPS) is 7.15. The van der Waals surface area contributed by atoms with Crippen molar-refractivity contribution in [2.75, 3.05) is 19.8 Å². The van der Waals surface area contributed by atoms with E-state index in [9.17, 15) is 0 Å². The van der Waals surface area contributed by atoms with Crippen LogP contribution < -0.4 is 0 Å². The summed E-state index contributed by atoms with van der Waals surface area (Å²) in [5.74, 6) is 0. The Hall–Kier alpha value is 2.76. The number of aliphatic hydroxyl groups excluding tert-OH is 3. The second-order valence-corrected chi connectivity index (χ2v) is 13.1. The van der Waals surface area contributed by atoms with Crippen LogP contribution in [0.3, 0.4) is 0 Å². The molecule has 3 nitrogen and oxygen atoms in total. The van der Waals surface area contributed by atoms with Crippen molar-refractivity contribution in [3.05, 3.63) is 0 Å². The monoisotopic (exact) mass is 465 g/mol. The molecule has 0 amide bonds. The first-order valence-electron chi connectivity index (χ1n) is 6.01. The van der Waals surface area contributed by atoms with Crippen molar-refractivity contribution in [1.29, 1.82) is 0 Å². The first-order chi connectivity index (χ1) is 9.39. The van der Waals surface area contributed by atoms with Gasteiger partial charge in [-0.1, -0.05) is 26.7 Å². The summed E-state index contributed by atoms with van der Waals surface area (Å²) >= 11 is -2.47. The number of hydrogen-bond acceptors (Lipinski definition) is 3. The molecule has 20 heavy (non-hydrogen) atoms. The second kappa shape index (κ2) is 49.5. The zero-order valence-corrected chi connectivity index (χ0v) is 19.1. The Morgan fingerprint density at radius 2 is 0.950 bits per heavy atom. The minimum atomic E-state index is -1.92. The Labute approximate surface area is 158 Å². The van der Waals surface area contributed by atoms with Gasteiger partial charge in [-0.3, -0.25) is 0 Å². The van der Waals surface area contributed by atoms with Gasteiger partial charge < -0.3 is 15.3 Å². The van der Waals surface area contributed by atoms with E-state index in [1.807, 2.05) is 0 Å². The molecule has 0 unspecified atom stereocenters. The van der Waals surface area contributed by atoms with Crippen molar-refractivity contribution < 1.29 is 47.0 Å².